The Morgan fingerprint density at radius 1 is 1.12 bits per heavy atom. The molecule has 0 spiro atoms. The third kappa shape index (κ3) is 4.26. The summed E-state index contributed by atoms with van der Waals surface area (Å²) in [5.74, 6) is 0.111. The first kappa shape index (κ1) is 18.5. The van der Waals surface area contributed by atoms with Crippen molar-refractivity contribution in [2.45, 2.75) is 26.2 Å². The van der Waals surface area contributed by atoms with Gasteiger partial charge in [0.15, 0.2) is 0 Å². The quantitative estimate of drug-likeness (QED) is 0.546. The van der Waals surface area contributed by atoms with Crippen molar-refractivity contribution >= 4 is 28.9 Å². The highest BCUT2D eigenvalue weighted by Crippen LogP contribution is 2.30. The minimum Gasteiger partial charge on any atom is -0.481 e. The molecule has 3 nitrogen and oxygen atoms in total. The molecule has 1 N–H and O–H groups in total. The number of aryl methyl sites for hydroxylation is 2. The van der Waals surface area contributed by atoms with Crippen LogP contribution in [0.25, 0.3) is 0 Å². The molecule has 0 radical (unpaired) electrons. The van der Waals surface area contributed by atoms with E-state index in [9.17, 15) is 9.90 Å². The number of aliphatic carboxylic acids is 1. The standard InChI is InChI=1S/C21H19ClO3S/c1-13-10-17(11-14(2)20(13)22)25-16-7-5-15(6-8-16)12-18(21(23)24)19-4-3-9-26-19/h3-11,18H,12H2,1-2H3,(H,23,24). The lowest BCUT2D eigenvalue weighted by molar-refractivity contribution is -0.138. The van der Waals surface area contributed by atoms with Gasteiger partial charge in [-0.3, -0.25) is 4.79 Å². The molecule has 1 heterocycles. The van der Waals surface area contributed by atoms with Gasteiger partial charge in [-0.05, 0) is 72.7 Å². The van der Waals surface area contributed by atoms with E-state index < -0.39 is 11.9 Å². The zero-order valence-electron chi connectivity index (χ0n) is 14.5. The van der Waals surface area contributed by atoms with Crippen LogP contribution >= 0.6 is 22.9 Å². The van der Waals surface area contributed by atoms with Crippen molar-refractivity contribution in [1.29, 1.82) is 0 Å². The van der Waals surface area contributed by atoms with Crippen LogP contribution in [0.2, 0.25) is 5.02 Å². The van der Waals surface area contributed by atoms with Crippen molar-refractivity contribution in [2.75, 3.05) is 0 Å². The van der Waals surface area contributed by atoms with Crippen LogP contribution in [-0.4, -0.2) is 11.1 Å². The van der Waals surface area contributed by atoms with Crippen LogP contribution in [0.1, 0.15) is 27.5 Å². The van der Waals surface area contributed by atoms with E-state index in [1.54, 1.807) is 0 Å². The van der Waals surface area contributed by atoms with E-state index in [1.807, 2.05) is 67.8 Å². The highest BCUT2D eigenvalue weighted by molar-refractivity contribution is 7.10. The van der Waals surface area contributed by atoms with Gasteiger partial charge in [-0.15, -0.1) is 11.3 Å². The molecule has 0 aliphatic rings. The molecule has 26 heavy (non-hydrogen) atoms. The summed E-state index contributed by atoms with van der Waals surface area (Å²) in [6.07, 6.45) is 0.454. The zero-order chi connectivity index (χ0) is 18.7. The van der Waals surface area contributed by atoms with Crippen molar-refractivity contribution in [3.8, 4) is 11.5 Å². The SMILES string of the molecule is Cc1cc(Oc2ccc(CC(C(=O)O)c3cccs3)cc2)cc(C)c1Cl. The van der Waals surface area contributed by atoms with Crippen molar-refractivity contribution in [1.82, 2.24) is 0 Å². The van der Waals surface area contributed by atoms with E-state index in [0.29, 0.717) is 12.2 Å². The van der Waals surface area contributed by atoms with Crippen LogP contribution in [-0.2, 0) is 11.2 Å². The predicted octanol–water partition coefficient (Wildman–Crippen LogP) is 6.22. The lowest BCUT2D eigenvalue weighted by Gasteiger charge is -2.12. The van der Waals surface area contributed by atoms with E-state index in [0.717, 1.165) is 32.3 Å². The number of halogens is 1. The molecule has 0 amide bonds. The van der Waals surface area contributed by atoms with Crippen molar-refractivity contribution < 1.29 is 14.6 Å². The molecule has 2 aromatic carbocycles. The van der Waals surface area contributed by atoms with Gasteiger partial charge >= 0.3 is 5.97 Å². The topological polar surface area (TPSA) is 46.5 Å². The second-order valence-electron chi connectivity index (χ2n) is 6.23. The molecule has 0 saturated carbocycles. The largest absolute Gasteiger partial charge is 0.481 e. The smallest absolute Gasteiger partial charge is 0.312 e. The number of benzene rings is 2. The van der Waals surface area contributed by atoms with Crippen LogP contribution in [0, 0.1) is 13.8 Å². The fraction of sp³-hybridized carbons (Fsp3) is 0.190. The molecule has 0 fully saturated rings. The molecular weight excluding hydrogens is 368 g/mol. The van der Waals surface area contributed by atoms with Crippen molar-refractivity contribution in [2.24, 2.45) is 0 Å². The molecule has 0 aliphatic heterocycles. The first-order chi connectivity index (χ1) is 12.4. The molecule has 0 aliphatic carbocycles. The van der Waals surface area contributed by atoms with E-state index in [2.05, 4.69) is 0 Å². The van der Waals surface area contributed by atoms with Gasteiger partial charge in [-0.2, -0.15) is 0 Å². The van der Waals surface area contributed by atoms with Gasteiger partial charge in [0.1, 0.15) is 11.5 Å². The first-order valence-electron chi connectivity index (χ1n) is 8.24. The number of carbonyl (C=O) groups is 1. The molecule has 3 aromatic rings. The second-order valence-corrected chi connectivity index (χ2v) is 7.58. The summed E-state index contributed by atoms with van der Waals surface area (Å²) in [6.45, 7) is 3.89. The maximum absolute atomic E-state index is 11.6. The maximum atomic E-state index is 11.6. The highest BCUT2D eigenvalue weighted by Gasteiger charge is 2.21. The Morgan fingerprint density at radius 2 is 1.77 bits per heavy atom. The minimum absolute atomic E-state index is 0.454. The molecule has 1 aromatic heterocycles. The number of carboxylic acids is 1. The maximum Gasteiger partial charge on any atom is 0.312 e. The average Bonchev–Trinajstić information content (AvgIpc) is 3.13. The summed E-state index contributed by atoms with van der Waals surface area (Å²) >= 11 is 7.66. The number of hydrogen-bond acceptors (Lipinski definition) is 3. The van der Waals surface area contributed by atoms with Crippen LogP contribution in [0.15, 0.2) is 53.9 Å². The van der Waals surface area contributed by atoms with Gasteiger partial charge in [-0.1, -0.05) is 29.8 Å². The first-order valence-corrected chi connectivity index (χ1v) is 9.49. The molecular formula is C21H19ClO3S. The van der Waals surface area contributed by atoms with Crippen LogP contribution in [0.5, 0.6) is 11.5 Å². The Bertz CT molecular complexity index is 879. The lowest BCUT2D eigenvalue weighted by Crippen LogP contribution is -2.13. The van der Waals surface area contributed by atoms with Crippen molar-refractivity contribution in [3.05, 3.63) is 80.5 Å². The summed E-state index contributed by atoms with van der Waals surface area (Å²) in [6, 6.07) is 15.1. The van der Waals surface area contributed by atoms with Crippen LogP contribution in [0.3, 0.4) is 0 Å². The van der Waals surface area contributed by atoms with Gasteiger partial charge in [0.05, 0.1) is 5.92 Å². The number of carboxylic acid groups (broad SMARTS) is 1. The van der Waals surface area contributed by atoms with E-state index in [1.165, 1.54) is 11.3 Å². The third-order valence-electron chi connectivity index (χ3n) is 4.19. The van der Waals surface area contributed by atoms with Gasteiger partial charge in [0.2, 0.25) is 0 Å². The van der Waals surface area contributed by atoms with Crippen LogP contribution in [0.4, 0.5) is 0 Å². The molecule has 5 heteroatoms. The van der Waals surface area contributed by atoms with Crippen LogP contribution < -0.4 is 4.74 Å². The Morgan fingerprint density at radius 3 is 2.31 bits per heavy atom. The summed E-state index contributed by atoms with van der Waals surface area (Å²) in [5.41, 5.74) is 2.90. The predicted molar refractivity (Wildman–Crippen MR) is 106 cm³/mol. The average molecular weight is 387 g/mol. The molecule has 1 unspecified atom stereocenters. The molecule has 1 atom stereocenters. The summed E-state index contributed by atoms with van der Waals surface area (Å²) in [7, 11) is 0. The number of hydrogen-bond donors (Lipinski definition) is 1. The zero-order valence-corrected chi connectivity index (χ0v) is 16.1. The molecule has 0 bridgehead atoms. The molecule has 134 valence electrons. The normalized spacial score (nSPS) is 12.0. The van der Waals surface area contributed by atoms with E-state index >= 15 is 0 Å². The van der Waals surface area contributed by atoms with Gasteiger partial charge in [-0.25, -0.2) is 0 Å². The lowest BCUT2D eigenvalue weighted by atomic mass is 9.98. The molecule has 0 saturated heterocycles. The number of ether oxygens (including phenoxy) is 1. The summed E-state index contributed by atoms with van der Waals surface area (Å²) in [5, 5.41) is 12.2. The van der Waals surface area contributed by atoms with Gasteiger partial charge < -0.3 is 9.84 Å². The molecule has 3 rings (SSSR count). The Hall–Kier alpha value is -2.30. The fourth-order valence-corrected chi connectivity index (χ4v) is 3.76. The van der Waals surface area contributed by atoms with Gasteiger partial charge in [0, 0.05) is 9.90 Å². The number of rotatable bonds is 6. The minimum atomic E-state index is -0.806. The Kier molecular flexibility index (Phi) is 5.64. The fourth-order valence-electron chi connectivity index (χ4n) is 2.83. The number of thiophene rings is 1. The van der Waals surface area contributed by atoms with E-state index in [4.69, 9.17) is 16.3 Å². The highest BCUT2D eigenvalue weighted by atomic mass is 35.5. The summed E-state index contributed by atoms with van der Waals surface area (Å²) in [4.78, 5) is 12.4. The third-order valence-corrected chi connectivity index (χ3v) is 5.78. The van der Waals surface area contributed by atoms with E-state index in [-0.39, 0.29) is 0 Å². The van der Waals surface area contributed by atoms with Gasteiger partial charge in [0.25, 0.3) is 0 Å². The monoisotopic (exact) mass is 386 g/mol. The van der Waals surface area contributed by atoms with Crippen molar-refractivity contribution in [3.63, 3.8) is 0 Å². The summed E-state index contributed by atoms with van der Waals surface area (Å²) < 4.78 is 5.90. The Balaban J connectivity index is 1.73. The second kappa shape index (κ2) is 7.94. The Labute approximate surface area is 161 Å².